The number of phenols is 2. The number of phenolic OH excluding ortho intramolecular Hbond substituents is 2. The van der Waals surface area contributed by atoms with Gasteiger partial charge in [-0.3, -0.25) is 14.5 Å². The maximum atomic E-state index is 13.3. The van der Waals surface area contributed by atoms with E-state index in [9.17, 15) is 19.8 Å². The molecule has 36 heavy (non-hydrogen) atoms. The quantitative estimate of drug-likeness (QED) is 0.490. The van der Waals surface area contributed by atoms with E-state index >= 15 is 0 Å². The van der Waals surface area contributed by atoms with Gasteiger partial charge in [0.2, 0.25) is 0 Å². The van der Waals surface area contributed by atoms with Crippen molar-refractivity contribution in [2.75, 3.05) is 52.9 Å². The fourth-order valence-electron chi connectivity index (χ4n) is 4.62. The number of fused-ring (bicyclic) bond motifs is 1. The number of nitrogens with one attached hydrogen (secondary N) is 1. The average Bonchev–Trinajstić information content (AvgIpc) is 3.31. The Morgan fingerprint density at radius 2 is 1.75 bits per heavy atom. The zero-order valence-electron chi connectivity index (χ0n) is 21.1. The molecule has 3 N–H and O–H groups in total. The third-order valence-corrected chi connectivity index (χ3v) is 6.84. The highest BCUT2D eigenvalue weighted by molar-refractivity contribution is 6.03. The largest absolute Gasteiger partial charge is 0.507 e. The lowest BCUT2D eigenvalue weighted by atomic mass is 10.1. The molecule has 0 spiro atoms. The van der Waals surface area contributed by atoms with Gasteiger partial charge >= 0.3 is 0 Å². The van der Waals surface area contributed by atoms with Gasteiger partial charge in [0.15, 0.2) is 0 Å². The van der Waals surface area contributed by atoms with Gasteiger partial charge in [0.25, 0.3) is 11.8 Å². The van der Waals surface area contributed by atoms with Crippen molar-refractivity contribution in [3.8, 4) is 17.2 Å². The van der Waals surface area contributed by atoms with Gasteiger partial charge in [0.1, 0.15) is 23.9 Å². The smallest absolute Gasteiger partial charge is 0.258 e. The van der Waals surface area contributed by atoms with E-state index in [2.05, 4.69) is 10.2 Å². The monoisotopic (exact) mass is 496 g/mol. The second-order valence-electron chi connectivity index (χ2n) is 9.50. The Morgan fingerprint density at radius 1 is 1.03 bits per heavy atom. The van der Waals surface area contributed by atoms with Gasteiger partial charge in [0, 0.05) is 65.5 Å². The van der Waals surface area contributed by atoms with Crippen molar-refractivity contribution in [2.24, 2.45) is 0 Å². The third kappa shape index (κ3) is 5.91. The van der Waals surface area contributed by atoms with Gasteiger partial charge in [-0.1, -0.05) is 19.4 Å². The van der Waals surface area contributed by atoms with Crippen molar-refractivity contribution < 1.29 is 24.5 Å². The van der Waals surface area contributed by atoms with Crippen LogP contribution in [-0.4, -0.2) is 89.7 Å². The number of nitrogens with zero attached hydrogens (tertiary/aromatic N) is 3. The molecule has 1 fully saturated rings. The molecule has 4 rings (SSSR count). The SMILES string of the molecule is CCCCN(C)C(=O)c1cc(C(=O)N2Cc3ccc(OCCN4CCNCC4)cc3C2)c(O)cc1O. The maximum Gasteiger partial charge on any atom is 0.258 e. The van der Waals surface area contributed by atoms with Crippen molar-refractivity contribution in [1.29, 1.82) is 0 Å². The van der Waals surface area contributed by atoms with E-state index in [1.807, 2.05) is 25.1 Å². The molecular formula is C27H36N4O5. The van der Waals surface area contributed by atoms with Crippen molar-refractivity contribution in [3.63, 3.8) is 0 Å². The lowest BCUT2D eigenvalue weighted by molar-refractivity contribution is 0.0748. The maximum absolute atomic E-state index is 13.3. The van der Waals surface area contributed by atoms with Crippen LogP contribution in [0.5, 0.6) is 17.2 Å². The first-order valence-electron chi connectivity index (χ1n) is 12.7. The molecule has 2 aromatic rings. The first-order chi connectivity index (χ1) is 17.4. The first-order valence-corrected chi connectivity index (χ1v) is 12.7. The van der Waals surface area contributed by atoms with Crippen LogP contribution in [0, 0.1) is 0 Å². The van der Waals surface area contributed by atoms with Crippen molar-refractivity contribution in [3.05, 3.63) is 52.6 Å². The highest BCUT2D eigenvalue weighted by Crippen LogP contribution is 2.33. The molecule has 0 aromatic heterocycles. The number of unbranched alkanes of at least 4 members (excludes halogenated alkanes) is 1. The van der Waals surface area contributed by atoms with Crippen LogP contribution >= 0.6 is 0 Å². The normalized spacial score (nSPS) is 15.6. The van der Waals surface area contributed by atoms with Crippen LogP contribution in [0.2, 0.25) is 0 Å². The molecule has 194 valence electrons. The van der Waals surface area contributed by atoms with E-state index in [1.165, 1.54) is 11.0 Å². The number of piperazine rings is 1. The average molecular weight is 497 g/mol. The molecule has 0 bridgehead atoms. The molecule has 2 aliphatic heterocycles. The Bertz CT molecular complexity index is 1100. The molecule has 1 saturated heterocycles. The van der Waals surface area contributed by atoms with E-state index < -0.39 is 5.91 Å². The van der Waals surface area contributed by atoms with Gasteiger partial charge in [0.05, 0.1) is 11.1 Å². The fraction of sp³-hybridized carbons (Fsp3) is 0.481. The summed E-state index contributed by atoms with van der Waals surface area (Å²) in [4.78, 5) is 31.6. The Morgan fingerprint density at radius 3 is 2.50 bits per heavy atom. The predicted octanol–water partition coefficient (Wildman–Crippen LogP) is 2.41. The molecule has 0 saturated carbocycles. The van der Waals surface area contributed by atoms with Crippen molar-refractivity contribution in [2.45, 2.75) is 32.9 Å². The van der Waals surface area contributed by atoms with Crippen molar-refractivity contribution in [1.82, 2.24) is 20.0 Å². The second kappa shape index (κ2) is 11.6. The van der Waals surface area contributed by atoms with E-state index in [4.69, 9.17) is 4.74 Å². The van der Waals surface area contributed by atoms with Crippen LogP contribution in [0.1, 0.15) is 51.6 Å². The molecule has 9 heteroatoms. The van der Waals surface area contributed by atoms with E-state index in [-0.39, 0.29) is 28.5 Å². The van der Waals surface area contributed by atoms with Crippen LogP contribution in [-0.2, 0) is 13.1 Å². The number of amides is 2. The molecule has 9 nitrogen and oxygen atoms in total. The predicted molar refractivity (Wildman–Crippen MR) is 136 cm³/mol. The number of hydrogen-bond donors (Lipinski definition) is 3. The highest BCUT2D eigenvalue weighted by atomic mass is 16.5. The van der Waals surface area contributed by atoms with Crippen LogP contribution in [0.25, 0.3) is 0 Å². The summed E-state index contributed by atoms with van der Waals surface area (Å²) in [6.07, 6.45) is 1.77. The summed E-state index contributed by atoms with van der Waals surface area (Å²) in [6.45, 7) is 8.88. The number of carbonyl (C=O) groups excluding carboxylic acids is 2. The summed E-state index contributed by atoms with van der Waals surface area (Å²) in [5.74, 6) is -0.700. The summed E-state index contributed by atoms with van der Waals surface area (Å²) in [5.41, 5.74) is 2.02. The Hall–Kier alpha value is -3.30. The Labute approximate surface area is 212 Å². The summed E-state index contributed by atoms with van der Waals surface area (Å²) in [7, 11) is 1.66. The summed E-state index contributed by atoms with van der Waals surface area (Å²) < 4.78 is 5.96. The van der Waals surface area contributed by atoms with Crippen LogP contribution < -0.4 is 10.1 Å². The lowest BCUT2D eigenvalue weighted by Gasteiger charge is -2.26. The fourth-order valence-corrected chi connectivity index (χ4v) is 4.62. The molecule has 0 radical (unpaired) electrons. The van der Waals surface area contributed by atoms with Gasteiger partial charge in [-0.05, 0) is 35.7 Å². The molecular weight excluding hydrogens is 460 g/mol. The number of carbonyl (C=O) groups is 2. The van der Waals surface area contributed by atoms with Crippen LogP contribution in [0.3, 0.4) is 0 Å². The lowest BCUT2D eigenvalue weighted by Crippen LogP contribution is -2.44. The van der Waals surface area contributed by atoms with Gasteiger partial charge in [-0.15, -0.1) is 0 Å². The van der Waals surface area contributed by atoms with E-state index in [0.717, 1.165) is 68.5 Å². The van der Waals surface area contributed by atoms with Gasteiger partial charge in [-0.25, -0.2) is 0 Å². The molecule has 2 amide bonds. The molecule has 2 heterocycles. The van der Waals surface area contributed by atoms with Crippen LogP contribution in [0.4, 0.5) is 0 Å². The number of benzene rings is 2. The second-order valence-corrected chi connectivity index (χ2v) is 9.50. The summed E-state index contributed by atoms with van der Waals surface area (Å²) in [6, 6.07) is 8.23. The molecule has 0 atom stereocenters. The molecule has 2 aromatic carbocycles. The third-order valence-electron chi connectivity index (χ3n) is 6.84. The summed E-state index contributed by atoms with van der Waals surface area (Å²) >= 11 is 0. The molecule has 0 aliphatic carbocycles. The zero-order chi connectivity index (χ0) is 25.7. The number of hydrogen-bond acceptors (Lipinski definition) is 7. The molecule has 2 aliphatic rings. The minimum absolute atomic E-state index is 0.000317. The van der Waals surface area contributed by atoms with Crippen LogP contribution in [0.15, 0.2) is 30.3 Å². The minimum atomic E-state index is -0.393. The van der Waals surface area contributed by atoms with E-state index in [0.29, 0.717) is 26.2 Å². The number of rotatable bonds is 9. The first kappa shape index (κ1) is 25.8. The Kier molecular flexibility index (Phi) is 8.32. The van der Waals surface area contributed by atoms with Crippen molar-refractivity contribution >= 4 is 11.8 Å². The van der Waals surface area contributed by atoms with E-state index in [1.54, 1.807) is 11.9 Å². The topological polar surface area (TPSA) is 106 Å². The number of aromatic hydroxyl groups is 2. The highest BCUT2D eigenvalue weighted by Gasteiger charge is 2.28. The zero-order valence-corrected chi connectivity index (χ0v) is 21.1. The Balaban J connectivity index is 1.41. The molecule has 0 unspecified atom stereocenters. The minimum Gasteiger partial charge on any atom is -0.507 e. The van der Waals surface area contributed by atoms with Gasteiger partial charge in [-0.2, -0.15) is 0 Å². The number of ether oxygens (including phenoxy) is 1. The standard InChI is InChI=1S/C27H36N4O5/c1-3-4-9-29(2)26(34)22-15-23(25(33)16-24(22)32)27(35)31-17-19-5-6-21(14-20(19)18-31)36-13-12-30-10-7-28-8-11-30/h5-6,14-16,28,32-33H,3-4,7-13,17-18H2,1-2H3. The van der Waals surface area contributed by atoms with Gasteiger partial charge < -0.3 is 30.1 Å². The summed E-state index contributed by atoms with van der Waals surface area (Å²) in [5, 5.41) is 24.0.